The number of halogens is 3. The van der Waals surface area contributed by atoms with Gasteiger partial charge in [-0.15, -0.1) is 0 Å². The van der Waals surface area contributed by atoms with E-state index in [1.807, 2.05) is 0 Å². The van der Waals surface area contributed by atoms with E-state index in [-0.39, 0.29) is 12.4 Å². The number of aromatic nitrogens is 2. The van der Waals surface area contributed by atoms with Crippen molar-refractivity contribution in [3.8, 4) is 0 Å². The molecular formula is C17H12F3N3O. The van der Waals surface area contributed by atoms with Crippen molar-refractivity contribution in [3.05, 3.63) is 83.4 Å². The SMILES string of the molecule is O=C(Nc1cnn(Cc2ccccc2F)c1)c1cccc(F)c1F. The van der Waals surface area contributed by atoms with Crippen molar-refractivity contribution in [2.75, 3.05) is 5.32 Å². The van der Waals surface area contributed by atoms with E-state index in [1.54, 1.807) is 18.2 Å². The molecule has 3 aromatic rings. The van der Waals surface area contributed by atoms with E-state index < -0.39 is 23.1 Å². The quantitative estimate of drug-likeness (QED) is 0.794. The number of nitrogens with one attached hydrogen (secondary N) is 1. The molecule has 7 heteroatoms. The van der Waals surface area contributed by atoms with Crippen LogP contribution in [0.5, 0.6) is 0 Å². The molecule has 24 heavy (non-hydrogen) atoms. The van der Waals surface area contributed by atoms with Gasteiger partial charge in [0.25, 0.3) is 5.91 Å². The zero-order chi connectivity index (χ0) is 17.1. The Morgan fingerprint density at radius 1 is 1.04 bits per heavy atom. The van der Waals surface area contributed by atoms with Crippen molar-refractivity contribution >= 4 is 11.6 Å². The number of rotatable bonds is 4. The molecule has 0 radical (unpaired) electrons. The second-order valence-electron chi connectivity index (χ2n) is 5.07. The Morgan fingerprint density at radius 3 is 2.58 bits per heavy atom. The van der Waals surface area contributed by atoms with Crippen molar-refractivity contribution < 1.29 is 18.0 Å². The first-order chi connectivity index (χ1) is 11.5. The average Bonchev–Trinajstić information content (AvgIpc) is 2.99. The molecule has 1 N–H and O–H groups in total. The number of amides is 1. The summed E-state index contributed by atoms with van der Waals surface area (Å²) in [5.41, 5.74) is 0.325. The number of anilines is 1. The van der Waals surface area contributed by atoms with E-state index >= 15 is 0 Å². The predicted octanol–water partition coefficient (Wildman–Crippen LogP) is 3.60. The van der Waals surface area contributed by atoms with Crippen molar-refractivity contribution in [1.82, 2.24) is 9.78 Å². The van der Waals surface area contributed by atoms with Crippen LogP contribution in [0, 0.1) is 17.5 Å². The maximum Gasteiger partial charge on any atom is 0.258 e. The summed E-state index contributed by atoms with van der Waals surface area (Å²) in [6.07, 6.45) is 2.82. The van der Waals surface area contributed by atoms with Crippen molar-refractivity contribution in [3.63, 3.8) is 0 Å². The lowest BCUT2D eigenvalue weighted by Gasteiger charge is -2.04. The van der Waals surface area contributed by atoms with Crippen LogP contribution in [-0.4, -0.2) is 15.7 Å². The van der Waals surface area contributed by atoms with Crippen LogP contribution in [-0.2, 0) is 6.54 Å². The predicted molar refractivity (Wildman–Crippen MR) is 82.0 cm³/mol. The summed E-state index contributed by atoms with van der Waals surface area (Å²) in [7, 11) is 0. The molecule has 3 rings (SSSR count). The Morgan fingerprint density at radius 2 is 1.79 bits per heavy atom. The fourth-order valence-electron chi connectivity index (χ4n) is 2.19. The van der Waals surface area contributed by atoms with Crippen LogP contribution < -0.4 is 5.32 Å². The first kappa shape index (κ1) is 15.8. The Labute approximate surface area is 135 Å². The molecule has 0 aliphatic heterocycles. The minimum Gasteiger partial charge on any atom is -0.319 e. The Hall–Kier alpha value is -3.09. The zero-order valence-corrected chi connectivity index (χ0v) is 12.3. The summed E-state index contributed by atoms with van der Waals surface area (Å²) in [6, 6.07) is 9.61. The molecule has 1 aromatic heterocycles. The number of benzene rings is 2. The van der Waals surface area contributed by atoms with Crippen LogP contribution in [0.3, 0.4) is 0 Å². The van der Waals surface area contributed by atoms with Crippen LogP contribution in [0.15, 0.2) is 54.9 Å². The van der Waals surface area contributed by atoms with Crippen LogP contribution in [0.1, 0.15) is 15.9 Å². The number of hydrogen-bond donors (Lipinski definition) is 1. The van der Waals surface area contributed by atoms with Crippen molar-refractivity contribution in [2.45, 2.75) is 6.54 Å². The van der Waals surface area contributed by atoms with E-state index in [9.17, 15) is 18.0 Å². The van der Waals surface area contributed by atoms with Gasteiger partial charge in [-0.05, 0) is 18.2 Å². The normalized spacial score (nSPS) is 10.6. The standard InChI is InChI=1S/C17H12F3N3O/c18-14-6-2-1-4-11(14)9-23-10-12(8-21-23)22-17(24)13-5-3-7-15(19)16(13)20/h1-8,10H,9H2,(H,22,24). The highest BCUT2D eigenvalue weighted by atomic mass is 19.2. The molecule has 0 saturated heterocycles. The summed E-state index contributed by atoms with van der Waals surface area (Å²) in [5, 5.41) is 6.43. The Kier molecular flexibility index (Phi) is 4.33. The molecule has 0 atom stereocenters. The third kappa shape index (κ3) is 3.29. The Bertz CT molecular complexity index is 892. The van der Waals surface area contributed by atoms with E-state index in [1.165, 1.54) is 35.3 Å². The van der Waals surface area contributed by atoms with Crippen LogP contribution in [0.4, 0.5) is 18.9 Å². The highest BCUT2D eigenvalue weighted by Gasteiger charge is 2.15. The maximum absolute atomic E-state index is 13.6. The van der Waals surface area contributed by atoms with Crippen LogP contribution >= 0.6 is 0 Å². The van der Waals surface area contributed by atoms with Gasteiger partial charge in [-0.25, -0.2) is 13.2 Å². The van der Waals surface area contributed by atoms with Crippen LogP contribution in [0.2, 0.25) is 0 Å². The van der Waals surface area contributed by atoms with Gasteiger partial charge >= 0.3 is 0 Å². The van der Waals surface area contributed by atoms with Gasteiger partial charge in [-0.1, -0.05) is 24.3 Å². The molecule has 122 valence electrons. The topological polar surface area (TPSA) is 46.9 Å². The molecule has 2 aromatic carbocycles. The monoisotopic (exact) mass is 331 g/mol. The molecule has 0 bridgehead atoms. The summed E-state index contributed by atoms with van der Waals surface area (Å²) in [5.74, 6) is -3.47. The van der Waals surface area contributed by atoms with Gasteiger partial charge in [0.1, 0.15) is 5.82 Å². The fraction of sp³-hybridized carbons (Fsp3) is 0.0588. The minimum atomic E-state index is -1.21. The lowest BCUT2D eigenvalue weighted by Crippen LogP contribution is -2.14. The van der Waals surface area contributed by atoms with Gasteiger partial charge in [-0.3, -0.25) is 9.48 Å². The number of hydrogen-bond acceptors (Lipinski definition) is 2. The third-order valence-electron chi connectivity index (χ3n) is 3.38. The molecule has 0 spiro atoms. The molecule has 0 fully saturated rings. The van der Waals surface area contributed by atoms with Gasteiger partial charge in [0.2, 0.25) is 0 Å². The van der Waals surface area contributed by atoms with E-state index in [2.05, 4.69) is 10.4 Å². The molecule has 1 heterocycles. The van der Waals surface area contributed by atoms with Gasteiger partial charge in [0.05, 0.1) is 24.0 Å². The molecule has 0 aliphatic carbocycles. The summed E-state index contributed by atoms with van der Waals surface area (Å²) >= 11 is 0. The number of carbonyl (C=O) groups is 1. The molecule has 0 unspecified atom stereocenters. The lowest BCUT2D eigenvalue weighted by atomic mass is 10.2. The maximum atomic E-state index is 13.6. The van der Waals surface area contributed by atoms with Gasteiger partial charge in [0, 0.05) is 11.8 Å². The second kappa shape index (κ2) is 6.57. The molecular weight excluding hydrogens is 319 g/mol. The van der Waals surface area contributed by atoms with Crippen LogP contribution in [0.25, 0.3) is 0 Å². The minimum absolute atomic E-state index is 0.177. The summed E-state index contributed by atoms with van der Waals surface area (Å²) in [6.45, 7) is 0.177. The van der Waals surface area contributed by atoms with Gasteiger partial charge in [-0.2, -0.15) is 5.10 Å². The highest BCUT2D eigenvalue weighted by molar-refractivity contribution is 6.04. The second-order valence-corrected chi connectivity index (χ2v) is 5.07. The van der Waals surface area contributed by atoms with Gasteiger partial charge < -0.3 is 5.32 Å². The van der Waals surface area contributed by atoms with E-state index in [4.69, 9.17) is 0 Å². The van der Waals surface area contributed by atoms with Crippen molar-refractivity contribution in [2.24, 2.45) is 0 Å². The zero-order valence-electron chi connectivity index (χ0n) is 12.3. The summed E-state index contributed by atoms with van der Waals surface area (Å²) < 4.78 is 41.8. The summed E-state index contributed by atoms with van der Waals surface area (Å²) in [4.78, 5) is 12.0. The first-order valence-corrected chi connectivity index (χ1v) is 7.06. The molecule has 1 amide bonds. The number of nitrogens with zero attached hydrogens (tertiary/aromatic N) is 2. The van der Waals surface area contributed by atoms with Gasteiger partial charge in [0.15, 0.2) is 11.6 Å². The Balaban J connectivity index is 1.73. The first-order valence-electron chi connectivity index (χ1n) is 7.06. The third-order valence-corrected chi connectivity index (χ3v) is 3.38. The molecule has 0 saturated carbocycles. The number of carbonyl (C=O) groups excluding carboxylic acids is 1. The highest BCUT2D eigenvalue weighted by Crippen LogP contribution is 2.15. The lowest BCUT2D eigenvalue weighted by molar-refractivity contribution is 0.102. The largest absolute Gasteiger partial charge is 0.319 e. The fourth-order valence-corrected chi connectivity index (χ4v) is 2.19. The van der Waals surface area contributed by atoms with Crippen molar-refractivity contribution in [1.29, 1.82) is 0 Å². The average molecular weight is 331 g/mol. The molecule has 4 nitrogen and oxygen atoms in total. The smallest absolute Gasteiger partial charge is 0.258 e. The molecule has 0 aliphatic rings. The van der Waals surface area contributed by atoms with E-state index in [0.717, 1.165) is 6.07 Å². The van der Waals surface area contributed by atoms with E-state index in [0.29, 0.717) is 11.3 Å².